The molecule has 0 aromatic heterocycles. The second kappa shape index (κ2) is 8.74. The van der Waals surface area contributed by atoms with Gasteiger partial charge in [0.1, 0.15) is 6.61 Å². The molecule has 0 bridgehead atoms. The van der Waals surface area contributed by atoms with Gasteiger partial charge < -0.3 is 9.64 Å². The number of carbonyl (C=O) groups is 2. The topological polar surface area (TPSA) is 46.6 Å². The van der Waals surface area contributed by atoms with E-state index in [0.717, 1.165) is 5.56 Å². The molecule has 1 rings (SSSR count). The Labute approximate surface area is 128 Å². The summed E-state index contributed by atoms with van der Waals surface area (Å²) in [4.78, 5) is 25.0. The van der Waals surface area contributed by atoms with E-state index >= 15 is 0 Å². The van der Waals surface area contributed by atoms with Crippen LogP contribution in [0, 0.1) is 5.92 Å². The minimum absolute atomic E-state index is 0.0395. The molecule has 0 aliphatic rings. The highest BCUT2D eigenvalue weighted by Gasteiger charge is 2.19. The van der Waals surface area contributed by atoms with Gasteiger partial charge in [-0.25, -0.2) is 4.79 Å². The van der Waals surface area contributed by atoms with Gasteiger partial charge in [0, 0.05) is 6.54 Å². The normalized spacial score (nSPS) is 10.4. The number of alkyl halides is 1. The molecular weight excluding hydrogens is 322 g/mol. The van der Waals surface area contributed by atoms with Crippen LogP contribution in [-0.4, -0.2) is 35.2 Å². The molecule has 0 saturated heterocycles. The van der Waals surface area contributed by atoms with Crippen molar-refractivity contribution in [1.29, 1.82) is 0 Å². The summed E-state index contributed by atoms with van der Waals surface area (Å²) in [5.41, 5.74) is 0.928. The van der Waals surface area contributed by atoms with E-state index in [9.17, 15) is 9.59 Å². The number of rotatable bonds is 7. The maximum atomic E-state index is 12.0. The SMILES string of the molecule is CC(C)CN(CC(=O)CBr)C(=O)OCc1ccccc1. The molecule has 4 nitrogen and oxygen atoms in total. The Morgan fingerprint density at radius 3 is 2.45 bits per heavy atom. The van der Waals surface area contributed by atoms with Crippen LogP contribution in [0.4, 0.5) is 4.79 Å². The summed E-state index contributed by atoms with van der Waals surface area (Å²) in [6.07, 6.45) is -0.447. The third-order valence-electron chi connectivity index (χ3n) is 2.57. The number of hydrogen-bond donors (Lipinski definition) is 0. The first kappa shape index (κ1) is 16.7. The van der Waals surface area contributed by atoms with Gasteiger partial charge in [-0.05, 0) is 11.5 Å². The molecule has 0 unspecified atom stereocenters. The second-order valence-electron chi connectivity index (χ2n) is 4.99. The molecule has 20 heavy (non-hydrogen) atoms. The molecular formula is C15H20BrNO3. The number of benzene rings is 1. The summed E-state index contributed by atoms with van der Waals surface area (Å²) in [6, 6.07) is 9.48. The van der Waals surface area contributed by atoms with Crippen LogP contribution in [0.5, 0.6) is 0 Å². The minimum atomic E-state index is -0.447. The first-order valence-electron chi connectivity index (χ1n) is 6.56. The van der Waals surface area contributed by atoms with Crippen molar-refractivity contribution in [3.63, 3.8) is 0 Å². The molecule has 0 fully saturated rings. The Kier molecular flexibility index (Phi) is 7.30. The number of nitrogens with zero attached hydrogens (tertiary/aromatic N) is 1. The molecule has 0 saturated carbocycles. The molecule has 0 atom stereocenters. The van der Waals surface area contributed by atoms with Crippen molar-refractivity contribution in [1.82, 2.24) is 4.90 Å². The van der Waals surface area contributed by atoms with Gasteiger partial charge in [0.2, 0.25) is 0 Å². The average Bonchev–Trinajstić information content (AvgIpc) is 2.44. The van der Waals surface area contributed by atoms with E-state index in [1.54, 1.807) is 0 Å². The summed E-state index contributed by atoms with van der Waals surface area (Å²) >= 11 is 3.11. The fourth-order valence-electron chi connectivity index (χ4n) is 1.71. The molecule has 1 amide bonds. The van der Waals surface area contributed by atoms with Crippen molar-refractivity contribution in [2.24, 2.45) is 5.92 Å². The minimum Gasteiger partial charge on any atom is -0.445 e. The van der Waals surface area contributed by atoms with E-state index in [4.69, 9.17) is 4.74 Å². The number of ether oxygens (including phenoxy) is 1. The zero-order valence-corrected chi connectivity index (χ0v) is 13.4. The van der Waals surface area contributed by atoms with Gasteiger partial charge in [-0.2, -0.15) is 0 Å². The van der Waals surface area contributed by atoms with Gasteiger partial charge in [0.25, 0.3) is 0 Å². The Hall–Kier alpha value is -1.36. The van der Waals surface area contributed by atoms with Gasteiger partial charge in [0.15, 0.2) is 5.78 Å². The van der Waals surface area contributed by atoms with E-state index in [1.807, 2.05) is 44.2 Å². The summed E-state index contributed by atoms with van der Waals surface area (Å²) in [7, 11) is 0. The second-order valence-corrected chi connectivity index (χ2v) is 5.55. The number of halogens is 1. The highest BCUT2D eigenvalue weighted by atomic mass is 79.9. The number of hydrogen-bond acceptors (Lipinski definition) is 3. The largest absolute Gasteiger partial charge is 0.445 e. The first-order chi connectivity index (χ1) is 9.52. The van der Waals surface area contributed by atoms with E-state index in [-0.39, 0.29) is 30.2 Å². The van der Waals surface area contributed by atoms with Crippen LogP contribution in [0.3, 0.4) is 0 Å². The van der Waals surface area contributed by atoms with Crippen LogP contribution < -0.4 is 0 Å². The fourth-order valence-corrected chi connectivity index (χ4v) is 1.89. The number of Topliss-reactive ketones (excluding diaryl/α,β-unsaturated/α-hetero) is 1. The van der Waals surface area contributed by atoms with Gasteiger partial charge in [-0.3, -0.25) is 4.79 Å². The molecule has 0 aliphatic heterocycles. The molecule has 0 N–H and O–H groups in total. The summed E-state index contributed by atoms with van der Waals surface area (Å²) in [6.45, 7) is 4.80. The molecule has 5 heteroatoms. The number of amides is 1. The lowest BCUT2D eigenvalue weighted by Gasteiger charge is -2.23. The van der Waals surface area contributed by atoms with E-state index in [1.165, 1.54) is 4.90 Å². The molecule has 0 aliphatic carbocycles. The van der Waals surface area contributed by atoms with Crippen LogP contribution in [0.1, 0.15) is 19.4 Å². The van der Waals surface area contributed by atoms with Gasteiger partial charge in [-0.1, -0.05) is 60.1 Å². The lowest BCUT2D eigenvalue weighted by atomic mass is 10.2. The Bertz CT molecular complexity index is 434. The predicted molar refractivity (Wildman–Crippen MR) is 81.8 cm³/mol. The lowest BCUT2D eigenvalue weighted by molar-refractivity contribution is -0.117. The lowest BCUT2D eigenvalue weighted by Crippen LogP contribution is -2.38. The highest BCUT2D eigenvalue weighted by Crippen LogP contribution is 2.06. The van der Waals surface area contributed by atoms with Gasteiger partial charge in [-0.15, -0.1) is 0 Å². The Balaban J connectivity index is 2.56. The Morgan fingerprint density at radius 2 is 1.90 bits per heavy atom. The zero-order chi connectivity index (χ0) is 15.0. The van der Waals surface area contributed by atoms with E-state index in [2.05, 4.69) is 15.9 Å². The van der Waals surface area contributed by atoms with Crippen molar-refractivity contribution >= 4 is 27.8 Å². The Morgan fingerprint density at radius 1 is 1.25 bits per heavy atom. The summed E-state index contributed by atoms with van der Waals surface area (Å²) in [5, 5.41) is 0.244. The van der Waals surface area contributed by atoms with Crippen LogP contribution >= 0.6 is 15.9 Å². The van der Waals surface area contributed by atoms with E-state index in [0.29, 0.717) is 6.54 Å². The van der Waals surface area contributed by atoms with Gasteiger partial charge in [0.05, 0.1) is 11.9 Å². The maximum absolute atomic E-state index is 12.0. The average molecular weight is 342 g/mol. The molecule has 0 heterocycles. The third kappa shape index (κ3) is 6.19. The van der Waals surface area contributed by atoms with Crippen molar-refractivity contribution in [3.8, 4) is 0 Å². The van der Waals surface area contributed by atoms with Crippen LogP contribution in [0.2, 0.25) is 0 Å². The van der Waals surface area contributed by atoms with Crippen LogP contribution in [0.15, 0.2) is 30.3 Å². The standard InChI is InChI=1S/C15H20BrNO3/c1-12(2)9-17(10-14(18)8-16)15(19)20-11-13-6-4-3-5-7-13/h3-7,12H,8-11H2,1-2H3. The number of ketones is 1. The monoisotopic (exact) mass is 341 g/mol. The summed E-state index contributed by atoms with van der Waals surface area (Å²) in [5.74, 6) is 0.240. The third-order valence-corrected chi connectivity index (χ3v) is 3.19. The van der Waals surface area contributed by atoms with E-state index < -0.39 is 6.09 Å². The number of carbonyl (C=O) groups excluding carboxylic acids is 2. The fraction of sp³-hybridized carbons (Fsp3) is 0.467. The van der Waals surface area contributed by atoms with Crippen LogP contribution in [0.25, 0.3) is 0 Å². The molecule has 110 valence electrons. The predicted octanol–water partition coefficient (Wildman–Crippen LogP) is 3.25. The molecule has 1 aromatic rings. The molecule has 0 spiro atoms. The van der Waals surface area contributed by atoms with Crippen molar-refractivity contribution in [2.45, 2.75) is 20.5 Å². The first-order valence-corrected chi connectivity index (χ1v) is 7.68. The quantitative estimate of drug-likeness (QED) is 0.715. The smallest absolute Gasteiger partial charge is 0.410 e. The summed E-state index contributed by atoms with van der Waals surface area (Å²) < 4.78 is 5.26. The van der Waals surface area contributed by atoms with Crippen molar-refractivity contribution in [2.75, 3.05) is 18.4 Å². The van der Waals surface area contributed by atoms with Crippen molar-refractivity contribution < 1.29 is 14.3 Å². The molecule has 1 aromatic carbocycles. The van der Waals surface area contributed by atoms with Gasteiger partial charge >= 0.3 is 6.09 Å². The van der Waals surface area contributed by atoms with Crippen molar-refractivity contribution in [3.05, 3.63) is 35.9 Å². The van der Waals surface area contributed by atoms with Crippen LogP contribution in [-0.2, 0) is 16.1 Å². The molecule has 0 radical (unpaired) electrons. The highest BCUT2D eigenvalue weighted by molar-refractivity contribution is 9.09. The zero-order valence-electron chi connectivity index (χ0n) is 11.8. The maximum Gasteiger partial charge on any atom is 0.410 e.